The van der Waals surface area contributed by atoms with Gasteiger partial charge in [-0.15, -0.1) is 10.2 Å². The lowest BCUT2D eigenvalue weighted by Gasteiger charge is -2.03. The molecule has 0 aliphatic heterocycles. The van der Waals surface area contributed by atoms with Crippen LogP contribution in [0.15, 0.2) is 75.7 Å². The van der Waals surface area contributed by atoms with Crippen LogP contribution in [0, 0.1) is 0 Å². The van der Waals surface area contributed by atoms with Crippen molar-refractivity contribution in [1.82, 2.24) is 14.6 Å². The molecule has 0 aliphatic rings. The fourth-order valence-corrected chi connectivity index (χ4v) is 2.71. The van der Waals surface area contributed by atoms with Crippen LogP contribution in [-0.2, 0) is 0 Å². The lowest BCUT2D eigenvalue weighted by Crippen LogP contribution is -2.09. The summed E-state index contributed by atoms with van der Waals surface area (Å²) in [6.07, 6.45) is 0. The van der Waals surface area contributed by atoms with Gasteiger partial charge in [0, 0.05) is 16.7 Å². The number of nitrogens with one attached hydrogen (secondary N) is 1. The number of halogens is 1. The van der Waals surface area contributed by atoms with E-state index in [1.165, 1.54) is 6.07 Å². The van der Waals surface area contributed by atoms with Gasteiger partial charge < -0.3 is 10.7 Å². The maximum atomic E-state index is 12.1. The molecule has 2 aromatic heterocycles. The van der Waals surface area contributed by atoms with Crippen LogP contribution in [0.4, 0.5) is 17.2 Å². The Morgan fingerprint density at radius 1 is 1.04 bits per heavy atom. The van der Waals surface area contributed by atoms with Gasteiger partial charge in [-0.25, -0.2) is 4.52 Å². The molecule has 2 aromatic carbocycles. The smallest absolute Gasteiger partial charge is 0.251 e. The predicted molar refractivity (Wildman–Crippen MR) is 101 cm³/mol. The quantitative estimate of drug-likeness (QED) is 0.528. The number of hydrogen-bond acceptors (Lipinski definition) is 5. The Morgan fingerprint density at radius 3 is 2.50 bits per heavy atom. The van der Waals surface area contributed by atoms with Gasteiger partial charge in [0.2, 0.25) is 0 Å². The Bertz CT molecular complexity index is 1160. The molecule has 0 spiro atoms. The average Bonchev–Trinajstić information content (AvgIpc) is 2.96. The molecular weight excluding hydrogens is 352 g/mol. The molecule has 3 N–H and O–H groups in total. The van der Waals surface area contributed by atoms with Crippen molar-refractivity contribution < 1.29 is 0 Å². The molecule has 0 saturated heterocycles. The van der Waals surface area contributed by atoms with Crippen molar-refractivity contribution in [2.75, 3.05) is 5.73 Å². The lowest BCUT2D eigenvalue weighted by atomic mass is 10.1. The summed E-state index contributed by atoms with van der Waals surface area (Å²) in [5.74, 6) is 0.168. The first-order valence-electron chi connectivity index (χ1n) is 7.76. The third kappa shape index (κ3) is 2.96. The van der Waals surface area contributed by atoms with Gasteiger partial charge in [-0.05, 0) is 24.3 Å². The number of nitrogen functional groups attached to an aromatic ring is 1. The van der Waals surface area contributed by atoms with Crippen LogP contribution in [0.1, 0.15) is 0 Å². The fourth-order valence-electron chi connectivity index (χ4n) is 2.58. The van der Waals surface area contributed by atoms with E-state index in [0.717, 1.165) is 5.56 Å². The van der Waals surface area contributed by atoms with Gasteiger partial charge in [0.15, 0.2) is 17.2 Å². The number of aromatic amines is 1. The van der Waals surface area contributed by atoms with Crippen molar-refractivity contribution in [3.05, 3.63) is 76.0 Å². The maximum Gasteiger partial charge on any atom is 0.251 e. The number of azo groups is 1. The van der Waals surface area contributed by atoms with Crippen LogP contribution >= 0.6 is 11.6 Å². The van der Waals surface area contributed by atoms with Crippen LogP contribution in [0.2, 0.25) is 5.02 Å². The molecule has 26 heavy (non-hydrogen) atoms. The van der Waals surface area contributed by atoms with Crippen molar-refractivity contribution in [3.63, 3.8) is 0 Å². The van der Waals surface area contributed by atoms with E-state index in [9.17, 15) is 4.79 Å². The van der Waals surface area contributed by atoms with Crippen molar-refractivity contribution in [2.45, 2.75) is 0 Å². The highest BCUT2D eigenvalue weighted by Crippen LogP contribution is 2.30. The molecule has 0 atom stereocenters. The summed E-state index contributed by atoms with van der Waals surface area (Å²) in [6, 6.07) is 17.8. The first-order valence-corrected chi connectivity index (χ1v) is 8.14. The largest absolute Gasteiger partial charge is 0.380 e. The molecule has 0 amide bonds. The average molecular weight is 365 g/mol. The number of nitrogens with zero attached hydrogens (tertiary/aromatic N) is 4. The minimum atomic E-state index is -0.279. The molecular formula is C18H13ClN6O. The van der Waals surface area contributed by atoms with Crippen molar-refractivity contribution in [2.24, 2.45) is 10.2 Å². The fraction of sp³-hybridized carbons (Fsp3) is 0. The van der Waals surface area contributed by atoms with Crippen LogP contribution < -0.4 is 11.3 Å². The predicted octanol–water partition coefficient (Wildman–Crippen LogP) is 4.34. The van der Waals surface area contributed by atoms with E-state index in [-0.39, 0.29) is 11.4 Å². The van der Waals surface area contributed by atoms with E-state index >= 15 is 0 Å². The van der Waals surface area contributed by atoms with E-state index < -0.39 is 0 Å². The third-order valence-electron chi connectivity index (χ3n) is 3.79. The monoisotopic (exact) mass is 364 g/mol. The molecule has 0 unspecified atom stereocenters. The highest BCUT2D eigenvalue weighted by atomic mass is 35.5. The number of fused-ring (bicyclic) bond motifs is 1. The number of aromatic nitrogens is 3. The van der Waals surface area contributed by atoms with Gasteiger partial charge in [0.1, 0.15) is 0 Å². The Hall–Kier alpha value is -3.45. The molecule has 0 aliphatic carbocycles. The number of anilines is 1. The maximum absolute atomic E-state index is 12.1. The van der Waals surface area contributed by atoms with Gasteiger partial charge in [0.05, 0.1) is 11.4 Å². The van der Waals surface area contributed by atoms with Gasteiger partial charge >= 0.3 is 0 Å². The molecule has 2 heterocycles. The zero-order chi connectivity index (χ0) is 18.1. The van der Waals surface area contributed by atoms with Crippen molar-refractivity contribution in [3.8, 4) is 11.3 Å². The molecule has 4 rings (SSSR count). The van der Waals surface area contributed by atoms with Gasteiger partial charge in [-0.2, -0.15) is 5.11 Å². The minimum absolute atomic E-state index is 0.168. The van der Waals surface area contributed by atoms with Gasteiger partial charge in [0.25, 0.3) is 5.56 Å². The van der Waals surface area contributed by atoms with Crippen LogP contribution in [0.25, 0.3) is 16.9 Å². The first kappa shape index (κ1) is 16.0. The lowest BCUT2D eigenvalue weighted by molar-refractivity contribution is 0.945. The zero-order valence-electron chi connectivity index (χ0n) is 13.4. The zero-order valence-corrected chi connectivity index (χ0v) is 14.2. The summed E-state index contributed by atoms with van der Waals surface area (Å²) in [4.78, 5) is 14.9. The molecule has 8 heteroatoms. The Kier molecular flexibility index (Phi) is 3.98. The Balaban J connectivity index is 1.86. The molecule has 0 saturated carbocycles. The van der Waals surface area contributed by atoms with Crippen molar-refractivity contribution in [1.29, 1.82) is 0 Å². The molecule has 4 aromatic rings. The van der Waals surface area contributed by atoms with E-state index in [1.807, 2.05) is 30.3 Å². The Morgan fingerprint density at radius 2 is 1.77 bits per heavy atom. The summed E-state index contributed by atoms with van der Waals surface area (Å²) in [7, 11) is 0. The summed E-state index contributed by atoms with van der Waals surface area (Å²) in [6.45, 7) is 0. The van der Waals surface area contributed by atoms with Crippen LogP contribution in [-0.4, -0.2) is 14.6 Å². The summed E-state index contributed by atoms with van der Waals surface area (Å²) in [5, 5.41) is 13.2. The number of H-pyrrole nitrogens is 1. The number of hydrogen-bond donors (Lipinski definition) is 2. The molecule has 0 fully saturated rings. The second kappa shape index (κ2) is 6.45. The van der Waals surface area contributed by atoms with Crippen LogP contribution in [0.3, 0.4) is 0 Å². The second-order valence-electron chi connectivity index (χ2n) is 5.56. The summed E-state index contributed by atoms with van der Waals surface area (Å²) in [5.41, 5.74) is 8.47. The van der Waals surface area contributed by atoms with Gasteiger partial charge in [-0.1, -0.05) is 41.9 Å². The van der Waals surface area contributed by atoms with E-state index in [0.29, 0.717) is 27.7 Å². The Labute approximate surface area is 152 Å². The standard InChI is InChI=1S/C18H13ClN6O/c19-12-6-8-13(9-7-12)22-23-16-17(20)24-25-14(10-15(26)21-18(16)25)11-4-2-1-3-5-11/h1-10H,(H2,20,24)(H,21,26). The molecule has 128 valence electrons. The van der Waals surface area contributed by atoms with Crippen LogP contribution in [0.5, 0.6) is 0 Å². The first-order chi connectivity index (χ1) is 12.6. The SMILES string of the molecule is Nc1nn2c(-c3ccccc3)cc(=O)[nH]c2c1N=Nc1ccc(Cl)cc1. The van der Waals surface area contributed by atoms with E-state index in [2.05, 4.69) is 20.3 Å². The summed E-state index contributed by atoms with van der Waals surface area (Å²) >= 11 is 5.86. The minimum Gasteiger partial charge on any atom is -0.380 e. The van der Waals surface area contributed by atoms with Gasteiger partial charge in [-0.3, -0.25) is 4.79 Å². The normalized spacial score (nSPS) is 11.4. The molecule has 7 nitrogen and oxygen atoms in total. The van der Waals surface area contributed by atoms with Crippen molar-refractivity contribution >= 4 is 34.4 Å². The number of benzene rings is 2. The number of rotatable bonds is 3. The second-order valence-corrected chi connectivity index (χ2v) is 5.99. The molecule has 0 bridgehead atoms. The van der Waals surface area contributed by atoms with E-state index in [1.54, 1.807) is 28.8 Å². The number of nitrogens with two attached hydrogens (primary N) is 1. The highest BCUT2D eigenvalue weighted by molar-refractivity contribution is 6.30. The topological polar surface area (TPSA) is 101 Å². The van der Waals surface area contributed by atoms with E-state index in [4.69, 9.17) is 17.3 Å². The summed E-state index contributed by atoms with van der Waals surface area (Å²) < 4.78 is 1.56. The highest BCUT2D eigenvalue weighted by Gasteiger charge is 2.15. The third-order valence-corrected chi connectivity index (χ3v) is 4.04. The molecule has 0 radical (unpaired) electrons.